The van der Waals surface area contributed by atoms with Crippen molar-refractivity contribution in [3.8, 4) is 11.1 Å². The van der Waals surface area contributed by atoms with Gasteiger partial charge in [-0.15, -0.1) is 0 Å². The minimum Gasteiger partial charge on any atom is -0.463 e. The Morgan fingerprint density at radius 2 is 1.76 bits per heavy atom. The van der Waals surface area contributed by atoms with Crippen LogP contribution in [0.5, 0.6) is 0 Å². The molecule has 0 aliphatic carbocycles. The molecule has 2 aromatic carbocycles. The number of aryl methyl sites for hydroxylation is 1. The molecule has 17 heavy (non-hydrogen) atoms. The standard InChI is InChI=1S/C15H11FO/c1-10-3-2-4-13-14(9-17-15(10)13)11-5-7-12(16)8-6-11/h2-9H,1H3. The number of halogens is 1. The van der Waals surface area contributed by atoms with Crippen molar-refractivity contribution < 1.29 is 8.81 Å². The van der Waals surface area contributed by atoms with Gasteiger partial charge in [0.1, 0.15) is 11.4 Å². The highest BCUT2D eigenvalue weighted by molar-refractivity contribution is 5.95. The molecule has 2 heteroatoms. The number of hydrogen-bond donors (Lipinski definition) is 0. The number of para-hydroxylation sites is 1. The highest BCUT2D eigenvalue weighted by Gasteiger charge is 2.09. The zero-order chi connectivity index (χ0) is 11.8. The Labute approximate surface area is 98.5 Å². The minimum absolute atomic E-state index is 0.224. The zero-order valence-electron chi connectivity index (χ0n) is 9.41. The summed E-state index contributed by atoms with van der Waals surface area (Å²) in [4.78, 5) is 0. The van der Waals surface area contributed by atoms with Crippen molar-refractivity contribution >= 4 is 11.0 Å². The normalized spacial score (nSPS) is 10.9. The van der Waals surface area contributed by atoms with E-state index in [0.717, 1.165) is 27.7 Å². The topological polar surface area (TPSA) is 13.1 Å². The van der Waals surface area contributed by atoms with Crippen LogP contribution in [0.25, 0.3) is 22.1 Å². The maximum absolute atomic E-state index is 12.9. The molecule has 0 saturated carbocycles. The van der Waals surface area contributed by atoms with E-state index in [1.165, 1.54) is 12.1 Å². The highest BCUT2D eigenvalue weighted by atomic mass is 19.1. The van der Waals surface area contributed by atoms with Crippen LogP contribution in [0.1, 0.15) is 5.56 Å². The van der Waals surface area contributed by atoms with Gasteiger partial charge >= 0.3 is 0 Å². The zero-order valence-corrected chi connectivity index (χ0v) is 9.41. The first-order chi connectivity index (χ1) is 8.25. The van der Waals surface area contributed by atoms with E-state index in [1.807, 2.05) is 25.1 Å². The van der Waals surface area contributed by atoms with Gasteiger partial charge in [0.2, 0.25) is 0 Å². The summed E-state index contributed by atoms with van der Waals surface area (Å²) in [6, 6.07) is 12.5. The first-order valence-electron chi connectivity index (χ1n) is 5.48. The molecule has 0 amide bonds. The third-order valence-corrected chi connectivity index (χ3v) is 2.95. The average Bonchev–Trinajstić information content (AvgIpc) is 2.75. The first kappa shape index (κ1) is 10.1. The average molecular weight is 226 g/mol. The first-order valence-corrected chi connectivity index (χ1v) is 5.48. The van der Waals surface area contributed by atoms with E-state index in [4.69, 9.17) is 4.42 Å². The predicted octanol–water partition coefficient (Wildman–Crippen LogP) is 4.55. The molecule has 84 valence electrons. The van der Waals surface area contributed by atoms with Crippen molar-refractivity contribution in [2.24, 2.45) is 0 Å². The summed E-state index contributed by atoms with van der Waals surface area (Å²) in [6.45, 7) is 2.01. The summed E-state index contributed by atoms with van der Waals surface area (Å²) in [7, 11) is 0. The third kappa shape index (κ3) is 1.62. The summed E-state index contributed by atoms with van der Waals surface area (Å²) >= 11 is 0. The Bertz CT molecular complexity index is 665. The highest BCUT2D eigenvalue weighted by Crippen LogP contribution is 2.31. The Morgan fingerprint density at radius 3 is 2.53 bits per heavy atom. The smallest absolute Gasteiger partial charge is 0.137 e. The number of rotatable bonds is 1. The van der Waals surface area contributed by atoms with E-state index in [2.05, 4.69) is 0 Å². The molecule has 1 aromatic heterocycles. The summed E-state index contributed by atoms with van der Waals surface area (Å²) < 4.78 is 18.5. The molecule has 1 heterocycles. The van der Waals surface area contributed by atoms with Gasteiger partial charge in [-0.2, -0.15) is 0 Å². The Balaban J connectivity index is 2.24. The molecule has 0 unspecified atom stereocenters. The molecule has 3 rings (SSSR count). The lowest BCUT2D eigenvalue weighted by atomic mass is 10.0. The van der Waals surface area contributed by atoms with Crippen LogP contribution < -0.4 is 0 Å². The molecule has 0 bridgehead atoms. The third-order valence-electron chi connectivity index (χ3n) is 2.95. The van der Waals surface area contributed by atoms with Crippen LogP contribution in [-0.4, -0.2) is 0 Å². The molecule has 0 aliphatic rings. The SMILES string of the molecule is Cc1cccc2c(-c3ccc(F)cc3)coc12. The van der Waals surface area contributed by atoms with Crippen LogP contribution in [0.15, 0.2) is 53.1 Å². The van der Waals surface area contributed by atoms with Gasteiger partial charge < -0.3 is 4.42 Å². The van der Waals surface area contributed by atoms with Gasteiger partial charge in [0.15, 0.2) is 0 Å². The lowest BCUT2D eigenvalue weighted by molar-refractivity contribution is 0.614. The van der Waals surface area contributed by atoms with E-state index in [-0.39, 0.29) is 5.82 Å². The van der Waals surface area contributed by atoms with Crippen molar-refractivity contribution in [3.63, 3.8) is 0 Å². The second kappa shape index (κ2) is 3.74. The van der Waals surface area contributed by atoms with Crippen LogP contribution >= 0.6 is 0 Å². The largest absolute Gasteiger partial charge is 0.463 e. The maximum Gasteiger partial charge on any atom is 0.137 e. The van der Waals surface area contributed by atoms with Crippen molar-refractivity contribution in [2.45, 2.75) is 6.92 Å². The molecular weight excluding hydrogens is 215 g/mol. The van der Waals surface area contributed by atoms with E-state index in [0.29, 0.717) is 0 Å². The molecule has 0 fully saturated rings. The van der Waals surface area contributed by atoms with Gasteiger partial charge in [-0.05, 0) is 30.2 Å². The predicted molar refractivity (Wildman–Crippen MR) is 66.3 cm³/mol. The fourth-order valence-corrected chi connectivity index (χ4v) is 2.06. The molecule has 1 nitrogen and oxygen atoms in total. The van der Waals surface area contributed by atoms with Gasteiger partial charge in [0, 0.05) is 10.9 Å². The van der Waals surface area contributed by atoms with E-state index in [1.54, 1.807) is 18.4 Å². The monoisotopic (exact) mass is 226 g/mol. The van der Waals surface area contributed by atoms with Crippen molar-refractivity contribution in [1.82, 2.24) is 0 Å². The fraction of sp³-hybridized carbons (Fsp3) is 0.0667. The number of hydrogen-bond acceptors (Lipinski definition) is 1. The van der Waals surface area contributed by atoms with Crippen LogP contribution in [0.2, 0.25) is 0 Å². The fourth-order valence-electron chi connectivity index (χ4n) is 2.06. The Hall–Kier alpha value is -2.09. The quantitative estimate of drug-likeness (QED) is 0.593. The van der Waals surface area contributed by atoms with Crippen LogP contribution in [0.3, 0.4) is 0 Å². The van der Waals surface area contributed by atoms with Gasteiger partial charge in [-0.1, -0.05) is 30.3 Å². The van der Waals surface area contributed by atoms with E-state index in [9.17, 15) is 4.39 Å². The number of furan rings is 1. The lowest BCUT2D eigenvalue weighted by Crippen LogP contribution is -1.78. The van der Waals surface area contributed by atoms with Crippen LogP contribution in [-0.2, 0) is 0 Å². The van der Waals surface area contributed by atoms with Gasteiger partial charge in [-0.3, -0.25) is 0 Å². The molecule has 3 aromatic rings. The molecule has 0 aliphatic heterocycles. The van der Waals surface area contributed by atoms with Crippen molar-refractivity contribution in [3.05, 3.63) is 60.1 Å². The lowest BCUT2D eigenvalue weighted by Gasteiger charge is -1.99. The molecule has 0 N–H and O–H groups in total. The molecular formula is C15H11FO. The Kier molecular flexibility index (Phi) is 2.22. The van der Waals surface area contributed by atoms with E-state index >= 15 is 0 Å². The number of benzene rings is 2. The van der Waals surface area contributed by atoms with Crippen LogP contribution in [0.4, 0.5) is 4.39 Å². The molecule has 0 spiro atoms. The summed E-state index contributed by atoms with van der Waals surface area (Å²) in [5.41, 5.74) is 3.97. The Morgan fingerprint density at radius 1 is 1.00 bits per heavy atom. The van der Waals surface area contributed by atoms with Crippen LogP contribution in [0, 0.1) is 12.7 Å². The minimum atomic E-state index is -0.224. The second-order valence-corrected chi connectivity index (χ2v) is 4.11. The molecule has 0 atom stereocenters. The van der Waals surface area contributed by atoms with Crippen molar-refractivity contribution in [2.75, 3.05) is 0 Å². The van der Waals surface area contributed by atoms with Gasteiger partial charge in [0.05, 0.1) is 6.26 Å². The van der Waals surface area contributed by atoms with Crippen molar-refractivity contribution in [1.29, 1.82) is 0 Å². The number of fused-ring (bicyclic) bond motifs is 1. The summed E-state index contributed by atoms with van der Waals surface area (Å²) in [6.07, 6.45) is 1.73. The van der Waals surface area contributed by atoms with Gasteiger partial charge in [0.25, 0.3) is 0 Å². The summed E-state index contributed by atoms with van der Waals surface area (Å²) in [5.74, 6) is -0.224. The second-order valence-electron chi connectivity index (χ2n) is 4.11. The summed E-state index contributed by atoms with van der Waals surface area (Å²) in [5, 5.41) is 1.07. The van der Waals surface area contributed by atoms with E-state index < -0.39 is 0 Å². The molecule has 0 saturated heterocycles. The molecule has 0 radical (unpaired) electrons. The maximum atomic E-state index is 12.9. The van der Waals surface area contributed by atoms with Gasteiger partial charge in [-0.25, -0.2) is 4.39 Å².